The molecule has 0 aromatic heterocycles. The van der Waals surface area contributed by atoms with Crippen LogP contribution < -0.4 is 0 Å². The molecule has 0 radical (unpaired) electrons. The summed E-state index contributed by atoms with van der Waals surface area (Å²) in [6.45, 7) is 0. The highest BCUT2D eigenvalue weighted by atomic mass is 32.2. The van der Waals surface area contributed by atoms with E-state index < -0.39 is 0 Å². The third-order valence-corrected chi connectivity index (χ3v) is 17.0. The second-order valence-corrected chi connectivity index (χ2v) is 21.1. The third-order valence-electron chi connectivity index (χ3n) is 14.7. The SMILES string of the molecule is CSc1ccc(-c2c3ccccc3c(-c3cc(-c4c5ccccc5c(-c5ccc(SC)cc5)c5ccccc45)cc(-c4c5ccccc5c(-c5ccc(SC)cc5)c5ccccc45)c3)c3ccccc23)cc1. The zero-order chi connectivity index (χ0) is 48.3. The molecule has 0 aliphatic carbocycles. The molecule has 0 unspecified atom stereocenters. The molecule has 0 fully saturated rings. The minimum Gasteiger partial charge on any atom is -0.130 e. The van der Waals surface area contributed by atoms with E-state index in [-0.39, 0.29) is 0 Å². The summed E-state index contributed by atoms with van der Waals surface area (Å²) in [5.74, 6) is 0. The molecular weight excluding hydrogens is 925 g/mol. The Labute approximate surface area is 433 Å². The quantitative estimate of drug-likeness (QED) is 0.104. The number of hydrogen-bond donors (Lipinski definition) is 0. The Morgan fingerprint density at radius 2 is 0.333 bits per heavy atom. The highest BCUT2D eigenvalue weighted by Gasteiger charge is 2.23. The first-order valence-corrected chi connectivity index (χ1v) is 28.2. The van der Waals surface area contributed by atoms with E-state index in [2.05, 4.69) is 255 Å². The van der Waals surface area contributed by atoms with E-state index in [1.807, 2.05) is 0 Å². The molecule has 0 bridgehead atoms. The van der Waals surface area contributed by atoms with Crippen LogP contribution in [-0.4, -0.2) is 18.8 Å². The Hall–Kier alpha value is -7.53. The molecule has 13 aromatic carbocycles. The minimum atomic E-state index is 1.19. The van der Waals surface area contributed by atoms with E-state index in [9.17, 15) is 0 Å². The molecule has 72 heavy (non-hydrogen) atoms. The highest BCUT2D eigenvalue weighted by Crippen LogP contribution is 2.51. The van der Waals surface area contributed by atoms with Crippen molar-refractivity contribution in [2.75, 3.05) is 18.8 Å². The molecule has 0 nitrogen and oxygen atoms in total. The van der Waals surface area contributed by atoms with Gasteiger partial charge in [-0.2, -0.15) is 0 Å². The molecule has 0 heterocycles. The van der Waals surface area contributed by atoms with E-state index >= 15 is 0 Å². The van der Waals surface area contributed by atoms with Crippen LogP contribution in [0.1, 0.15) is 0 Å². The van der Waals surface area contributed by atoms with Crippen molar-refractivity contribution in [1.82, 2.24) is 0 Å². The first kappa shape index (κ1) is 44.4. The smallest absolute Gasteiger partial charge is 0.00695 e. The van der Waals surface area contributed by atoms with Gasteiger partial charge in [0.05, 0.1) is 0 Å². The number of thioether (sulfide) groups is 3. The average Bonchev–Trinajstić information content (AvgIpc) is 3.45. The van der Waals surface area contributed by atoms with Crippen LogP contribution in [0.25, 0.3) is 131 Å². The fourth-order valence-electron chi connectivity index (χ4n) is 11.6. The molecule has 0 aliphatic rings. The molecular formula is C69H48S3. The molecule has 0 spiro atoms. The largest absolute Gasteiger partial charge is 0.130 e. The van der Waals surface area contributed by atoms with Gasteiger partial charge in [-0.3, -0.25) is 0 Å². The van der Waals surface area contributed by atoms with E-state index in [0.717, 1.165) is 0 Å². The van der Waals surface area contributed by atoms with Gasteiger partial charge in [0.25, 0.3) is 0 Å². The second-order valence-electron chi connectivity index (χ2n) is 18.5. The van der Waals surface area contributed by atoms with Gasteiger partial charge in [0, 0.05) is 14.7 Å². The van der Waals surface area contributed by atoms with Gasteiger partial charge in [-0.15, -0.1) is 35.3 Å². The molecule has 342 valence electrons. The Bertz CT molecular complexity index is 3620. The maximum atomic E-state index is 2.50. The summed E-state index contributed by atoms with van der Waals surface area (Å²) in [4.78, 5) is 3.78. The summed E-state index contributed by atoms with van der Waals surface area (Å²) >= 11 is 5.34. The topological polar surface area (TPSA) is 0 Å². The van der Waals surface area contributed by atoms with Crippen molar-refractivity contribution in [2.45, 2.75) is 14.7 Å². The number of hydrogen-bond acceptors (Lipinski definition) is 3. The Morgan fingerprint density at radius 3 is 0.486 bits per heavy atom. The van der Waals surface area contributed by atoms with Gasteiger partial charge in [0.2, 0.25) is 0 Å². The molecule has 13 aromatic rings. The minimum absolute atomic E-state index is 1.19. The van der Waals surface area contributed by atoms with Gasteiger partial charge < -0.3 is 0 Å². The van der Waals surface area contributed by atoms with Crippen LogP contribution in [0.15, 0.2) is 251 Å². The van der Waals surface area contributed by atoms with Crippen LogP contribution >= 0.6 is 35.3 Å². The van der Waals surface area contributed by atoms with Crippen LogP contribution in [0, 0.1) is 0 Å². The van der Waals surface area contributed by atoms with Crippen LogP contribution in [0.2, 0.25) is 0 Å². The van der Waals surface area contributed by atoms with Crippen LogP contribution in [-0.2, 0) is 0 Å². The normalized spacial score (nSPS) is 11.7. The Morgan fingerprint density at radius 1 is 0.181 bits per heavy atom. The maximum absolute atomic E-state index is 2.50. The summed E-state index contributed by atoms with van der Waals surface area (Å²) in [7, 11) is 0. The number of fused-ring (bicyclic) bond motifs is 6. The van der Waals surface area contributed by atoms with Crippen molar-refractivity contribution in [3.8, 4) is 66.8 Å². The zero-order valence-corrected chi connectivity index (χ0v) is 42.7. The molecule has 3 heteroatoms. The van der Waals surface area contributed by atoms with Crippen molar-refractivity contribution >= 4 is 99.9 Å². The zero-order valence-electron chi connectivity index (χ0n) is 40.2. The summed E-state index contributed by atoms with van der Waals surface area (Å²) in [5.41, 5.74) is 14.8. The van der Waals surface area contributed by atoms with Crippen LogP contribution in [0.4, 0.5) is 0 Å². The van der Waals surface area contributed by atoms with Gasteiger partial charge >= 0.3 is 0 Å². The third kappa shape index (κ3) is 7.41. The van der Waals surface area contributed by atoms with Crippen LogP contribution in [0.3, 0.4) is 0 Å². The van der Waals surface area contributed by atoms with E-state index in [0.29, 0.717) is 0 Å². The first-order chi connectivity index (χ1) is 35.6. The van der Waals surface area contributed by atoms with Crippen molar-refractivity contribution in [2.24, 2.45) is 0 Å². The van der Waals surface area contributed by atoms with Gasteiger partial charge in [0.15, 0.2) is 0 Å². The summed E-state index contributed by atoms with van der Waals surface area (Å²) < 4.78 is 0. The molecule has 0 atom stereocenters. The lowest BCUT2D eigenvalue weighted by Gasteiger charge is -2.22. The van der Waals surface area contributed by atoms with Gasteiger partial charge in [-0.1, -0.05) is 182 Å². The fourth-order valence-corrected chi connectivity index (χ4v) is 12.8. The van der Waals surface area contributed by atoms with Gasteiger partial charge in [-0.05, 0) is 205 Å². The van der Waals surface area contributed by atoms with Crippen molar-refractivity contribution in [3.05, 3.63) is 237 Å². The highest BCUT2D eigenvalue weighted by molar-refractivity contribution is 7.99. The molecule has 13 rings (SSSR count). The van der Waals surface area contributed by atoms with Crippen molar-refractivity contribution in [3.63, 3.8) is 0 Å². The first-order valence-electron chi connectivity index (χ1n) is 24.5. The predicted octanol–water partition coefficient (Wildman–Crippen LogP) is 20.8. The molecule has 0 amide bonds. The van der Waals surface area contributed by atoms with Crippen molar-refractivity contribution < 1.29 is 0 Å². The summed E-state index contributed by atoms with van der Waals surface area (Å²) in [6.07, 6.45) is 6.43. The van der Waals surface area contributed by atoms with E-state index in [1.54, 1.807) is 35.3 Å². The standard InChI is InChI=1S/C69H48S3/c1-70-49-34-28-43(29-35-49)64-52-16-4-10-22-58(52)67(59-23-11-5-17-53(59)64)46-40-47(68-60-24-12-6-18-54(60)65(55-19-7-13-25-61(55)68)44-30-36-50(71-2)37-31-44)42-48(41-46)69-62-26-14-8-20-56(62)66(57-21-9-15-27-63(57)69)45-32-38-51(72-3)39-33-45/h4-42H,1-3H3. The van der Waals surface area contributed by atoms with E-state index in [1.165, 1.54) is 146 Å². The Kier molecular flexibility index (Phi) is 11.5. The monoisotopic (exact) mass is 972 g/mol. The molecule has 0 saturated carbocycles. The molecule has 0 N–H and O–H groups in total. The average molecular weight is 973 g/mol. The lowest BCUT2D eigenvalue weighted by atomic mass is 9.81. The predicted molar refractivity (Wildman–Crippen MR) is 319 cm³/mol. The second kappa shape index (κ2) is 18.6. The fraction of sp³-hybridized carbons (Fsp3) is 0.0435. The van der Waals surface area contributed by atoms with Gasteiger partial charge in [-0.25, -0.2) is 0 Å². The number of rotatable bonds is 9. The molecule has 0 saturated heterocycles. The van der Waals surface area contributed by atoms with Gasteiger partial charge in [0.1, 0.15) is 0 Å². The number of benzene rings is 13. The van der Waals surface area contributed by atoms with Crippen molar-refractivity contribution in [1.29, 1.82) is 0 Å². The Balaban J connectivity index is 1.17. The van der Waals surface area contributed by atoms with E-state index in [4.69, 9.17) is 0 Å². The molecule has 0 aliphatic heterocycles. The maximum Gasteiger partial charge on any atom is 0.00695 e. The summed E-state index contributed by atoms with van der Waals surface area (Å²) in [6, 6.07) is 89.3. The van der Waals surface area contributed by atoms with Crippen LogP contribution in [0.5, 0.6) is 0 Å². The lowest BCUT2D eigenvalue weighted by Crippen LogP contribution is -1.95. The lowest BCUT2D eigenvalue weighted by molar-refractivity contribution is 1.47. The summed E-state index contributed by atoms with van der Waals surface area (Å²) in [5, 5.41) is 14.9.